The van der Waals surface area contributed by atoms with Gasteiger partial charge in [-0.25, -0.2) is 0 Å². The van der Waals surface area contributed by atoms with E-state index in [0.717, 1.165) is 5.56 Å². The van der Waals surface area contributed by atoms with Crippen molar-refractivity contribution >= 4 is 17.7 Å². The van der Waals surface area contributed by atoms with Crippen molar-refractivity contribution in [3.05, 3.63) is 35.4 Å². The van der Waals surface area contributed by atoms with Crippen molar-refractivity contribution in [2.75, 3.05) is 13.2 Å². The van der Waals surface area contributed by atoms with Gasteiger partial charge in [0, 0.05) is 6.54 Å². The molecule has 92 valence electrons. The molecule has 4 heteroatoms. The first kappa shape index (κ1) is 12.5. The Morgan fingerprint density at radius 3 is 2.88 bits per heavy atom. The van der Waals surface area contributed by atoms with E-state index in [1.807, 2.05) is 32.0 Å². The summed E-state index contributed by atoms with van der Waals surface area (Å²) in [6, 6.07) is 8.20. The summed E-state index contributed by atoms with van der Waals surface area (Å²) in [7, 11) is 0. The Balaban J connectivity index is 2.27. The monoisotopic (exact) mass is 251 g/mol. The molecule has 17 heavy (non-hydrogen) atoms. The number of hydrogen-bond donors (Lipinski definition) is 1. The number of β-amino-alcohol motifs (C(OH)–C–C–N with tert-alkyl or cyclic N) is 1. The average molecular weight is 251 g/mol. The van der Waals surface area contributed by atoms with Crippen molar-refractivity contribution in [3.63, 3.8) is 0 Å². The lowest BCUT2D eigenvalue weighted by molar-refractivity contribution is -0.130. The van der Waals surface area contributed by atoms with Crippen molar-refractivity contribution in [2.45, 2.75) is 24.5 Å². The molecule has 1 aliphatic rings. The molecule has 0 unspecified atom stereocenters. The fourth-order valence-electron chi connectivity index (χ4n) is 2.09. The normalized spacial score (nSPS) is 24.4. The Kier molecular flexibility index (Phi) is 3.74. The molecular formula is C13H17NO2S. The summed E-state index contributed by atoms with van der Waals surface area (Å²) >= 11 is 1.65. The van der Waals surface area contributed by atoms with Gasteiger partial charge in [-0.05, 0) is 19.4 Å². The van der Waals surface area contributed by atoms with E-state index in [1.165, 1.54) is 5.56 Å². The highest BCUT2D eigenvalue weighted by Crippen LogP contribution is 2.42. The number of aliphatic hydroxyl groups is 1. The summed E-state index contributed by atoms with van der Waals surface area (Å²) in [4.78, 5) is 13.7. The smallest absolute Gasteiger partial charge is 0.236 e. The molecule has 0 spiro atoms. The van der Waals surface area contributed by atoms with E-state index < -0.39 is 0 Å². The van der Waals surface area contributed by atoms with Gasteiger partial charge in [-0.15, -0.1) is 11.8 Å². The third-order valence-corrected chi connectivity index (χ3v) is 4.31. The highest BCUT2D eigenvalue weighted by molar-refractivity contribution is 8.01. The Labute approximate surface area is 106 Å². The van der Waals surface area contributed by atoms with E-state index in [4.69, 9.17) is 5.11 Å². The van der Waals surface area contributed by atoms with Crippen molar-refractivity contribution in [3.8, 4) is 0 Å². The Hall–Kier alpha value is -1.00. The lowest BCUT2D eigenvalue weighted by Crippen LogP contribution is -2.32. The third-order valence-electron chi connectivity index (χ3n) is 2.92. The zero-order chi connectivity index (χ0) is 12.4. The molecule has 1 fully saturated rings. The fourth-order valence-corrected chi connectivity index (χ4v) is 3.39. The standard InChI is InChI=1S/C13H17NO2S/c1-9-4-3-5-11(8-9)13-14(6-7-15)12(16)10(2)17-13/h3-5,8,10,13,15H,6-7H2,1-2H3/t10-,13-/m0/s1. The second kappa shape index (κ2) is 5.10. The second-order valence-corrected chi connectivity index (χ2v) is 5.73. The number of hydrogen-bond acceptors (Lipinski definition) is 3. The highest BCUT2D eigenvalue weighted by Gasteiger charge is 2.37. The summed E-state index contributed by atoms with van der Waals surface area (Å²) in [5.41, 5.74) is 2.33. The summed E-state index contributed by atoms with van der Waals surface area (Å²) in [5.74, 6) is 0.121. The predicted molar refractivity (Wildman–Crippen MR) is 69.8 cm³/mol. The van der Waals surface area contributed by atoms with Crippen LogP contribution >= 0.6 is 11.8 Å². The second-order valence-electron chi connectivity index (χ2n) is 4.30. The SMILES string of the molecule is Cc1cccc([C@@H]2S[C@@H](C)C(=O)N2CCO)c1. The van der Waals surface area contributed by atoms with Crippen LogP contribution in [0.1, 0.15) is 23.4 Å². The Morgan fingerprint density at radius 2 is 2.24 bits per heavy atom. The maximum absolute atomic E-state index is 12.0. The number of benzene rings is 1. The molecule has 0 aromatic heterocycles. The zero-order valence-electron chi connectivity index (χ0n) is 10.1. The van der Waals surface area contributed by atoms with Crippen LogP contribution in [-0.4, -0.2) is 34.3 Å². The quantitative estimate of drug-likeness (QED) is 0.892. The Bertz CT molecular complexity index is 422. The van der Waals surface area contributed by atoms with Gasteiger partial charge in [-0.1, -0.05) is 29.8 Å². The lowest BCUT2D eigenvalue weighted by atomic mass is 10.1. The first-order chi connectivity index (χ1) is 8.13. The molecule has 0 aliphatic carbocycles. The molecule has 1 saturated heterocycles. The molecule has 1 heterocycles. The minimum Gasteiger partial charge on any atom is -0.395 e. The van der Waals surface area contributed by atoms with E-state index in [1.54, 1.807) is 16.7 Å². The first-order valence-electron chi connectivity index (χ1n) is 5.77. The molecule has 1 amide bonds. The van der Waals surface area contributed by atoms with E-state index in [2.05, 4.69) is 6.07 Å². The van der Waals surface area contributed by atoms with Crippen LogP contribution < -0.4 is 0 Å². The minimum absolute atomic E-state index is 0.0152. The van der Waals surface area contributed by atoms with Crippen LogP contribution in [0.3, 0.4) is 0 Å². The van der Waals surface area contributed by atoms with Gasteiger partial charge in [0.1, 0.15) is 5.37 Å². The van der Waals surface area contributed by atoms with Crippen LogP contribution in [0.15, 0.2) is 24.3 Å². The highest BCUT2D eigenvalue weighted by atomic mass is 32.2. The molecule has 0 saturated carbocycles. The zero-order valence-corrected chi connectivity index (χ0v) is 10.9. The van der Waals surface area contributed by atoms with Gasteiger partial charge in [0.25, 0.3) is 0 Å². The van der Waals surface area contributed by atoms with Gasteiger partial charge in [-0.3, -0.25) is 4.79 Å². The number of carbonyl (C=O) groups excluding carboxylic acids is 1. The van der Waals surface area contributed by atoms with E-state index in [0.29, 0.717) is 6.54 Å². The number of aliphatic hydroxyl groups excluding tert-OH is 1. The number of carbonyl (C=O) groups is 1. The number of nitrogens with zero attached hydrogens (tertiary/aromatic N) is 1. The van der Waals surface area contributed by atoms with Crippen LogP contribution in [0.4, 0.5) is 0 Å². The van der Waals surface area contributed by atoms with E-state index in [9.17, 15) is 4.79 Å². The van der Waals surface area contributed by atoms with Gasteiger partial charge in [0.2, 0.25) is 5.91 Å². The number of thioether (sulfide) groups is 1. The number of amides is 1. The molecule has 1 aromatic rings. The third kappa shape index (κ3) is 2.48. The molecule has 2 atom stereocenters. The molecule has 1 N–H and O–H groups in total. The first-order valence-corrected chi connectivity index (χ1v) is 6.71. The largest absolute Gasteiger partial charge is 0.395 e. The van der Waals surface area contributed by atoms with Crippen molar-refractivity contribution < 1.29 is 9.90 Å². The van der Waals surface area contributed by atoms with E-state index in [-0.39, 0.29) is 23.1 Å². The van der Waals surface area contributed by atoms with Gasteiger partial charge in [0.15, 0.2) is 0 Å². The molecule has 1 aliphatic heterocycles. The number of aryl methyl sites for hydroxylation is 1. The molecule has 3 nitrogen and oxygen atoms in total. The topological polar surface area (TPSA) is 40.5 Å². The van der Waals surface area contributed by atoms with Gasteiger partial charge >= 0.3 is 0 Å². The molecule has 2 rings (SSSR count). The van der Waals surface area contributed by atoms with E-state index >= 15 is 0 Å². The van der Waals surface area contributed by atoms with Crippen LogP contribution in [0.25, 0.3) is 0 Å². The van der Waals surface area contributed by atoms with Crippen molar-refractivity contribution in [2.24, 2.45) is 0 Å². The molecule has 0 bridgehead atoms. The minimum atomic E-state index is -0.0212. The molecule has 1 aromatic carbocycles. The van der Waals surface area contributed by atoms with Gasteiger partial charge in [-0.2, -0.15) is 0 Å². The van der Waals surface area contributed by atoms with Crippen molar-refractivity contribution in [1.29, 1.82) is 0 Å². The van der Waals surface area contributed by atoms with Gasteiger partial charge in [0.05, 0.1) is 11.9 Å². The average Bonchev–Trinajstić information content (AvgIpc) is 2.58. The van der Waals surface area contributed by atoms with Crippen LogP contribution in [-0.2, 0) is 4.79 Å². The summed E-state index contributed by atoms with van der Waals surface area (Å²) < 4.78 is 0. The summed E-state index contributed by atoms with van der Waals surface area (Å²) in [5, 5.41) is 9.07. The maximum atomic E-state index is 12.0. The maximum Gasteiger partial charge on any atom is 0.236 e. The number of rotatable bonds is 3. The van der Waals surface area contributed by atoms with Crippen LogP contribution in [0.5, 0.6) is 0 Å². The van der Waals surface area contributed by atoms with Gasteiger partial charge < -0.3 is 10.0 Å². The lowest BCUT2D eigenvalue weighted by Gasteiger charge is -2.23. The summed E-state index contributed by atoms with van der Waals surface area (Å²) in [6.07, 6.45) is 0. The molecule has 0 radical (unpaired) electrons. The van der Waals surface area contributed by atoms with Crippen LogP contribution in [0, 0.1) is 6.92 Å². The van der Waals surface area contributed by atoms with Crippen LogP contribution in [0.2, 0.25) is 0 Å². The predicted octanol–water partition coefficient (Wildman–Crippen LogP) is 1.95. The fraction of sp³-hybridized carbons (Fsp3) is 0.462. The Morgan fingerprint density at radius 1 is 1.47 bits per heavy atom. The molecular weight excluding hydrogens is 234 g/mol. The van der Waals surface area contributed by atoms with Crippen molar-refractivity contribution in [1.82, 2.24) is 4.90 Å². The summed E-state index contributed by atoms with van der Waals surface area (Å²) in [6.45, 7) is 4.40.